The summed E-state index contributed by atoms with van der Waals surface area (Å²) in [6.07, 6.45) is 0. The second-order valence-electron chi connectivity index (χ2n) is 7.75. The molecule has 2 aliphatic rings. The fourth-order valence-corrected chi connectivity index (χ4v) is 4.24. The van der Waals surface area contributed by atoms with Gasteiger partial charge in [0.15, 0.2) is 0 Å². The number of likely N-dealkylation sites (N-methyl/N-ethyl adjacent to an activating group) is 1. The summed E-state index contributed by atoms with van der Waals surface area (Å²) in [6.45, 7) is 10.4. The maximum atomic E-state index is 13.6. The van der Waals surface area contributed by atoms with Gasteiger partial charge in [0.1, 0.15) is 5.70 Å². The zero-order chi connectivity index (χ0) is 20.5. The van der Waals surface area contributed by atoms with Crippen molar-refractivity contribution < 1.29 is 9.59 Å². The summed E-state index contributed by atoms with van der Waals surface area (Å²) in [7, 11) is 0. The molecule has 4 rings (SSSR count). The number of carbonyl (C=O) groups excluding carboxylic acids is 2. The molecular formula is C24H27N3O2. The SMILES string of the molecule is CCN1CCN(C2=C(c3ccccc3)C(=O)N(c3ccc(C)cc3C)C2=O)CC1. The molecule has 2 heterocycles. The monoisotopic (exact) mass is 389 g/mol. The molecule has 0 spiro atoms. The van der Waals surface area contributed by atoms with Crippen LogP contribution in [-0.2, 0) is 9.59 Å². The van der Waals surface area contributed by atoms with Crippen molar-refractivity contribution in [1.29, 1.82) is 0 Å². The third-order valence-corrected chi connectivity index (χ3v) is 5.85. The van der Waals surface area contributed by atoms with Gasteiger partial charge in [-0.25, -0.2) is 4.90 Å². The first-order chi connectivity index (χ1) is 14.0. The minimum Gasteiger partial charge on any atom is -0.364 e. The molecule has 0 bridgehead atoms. The van der Waals surface area contributed by atoms with Crippen LogP contribution in [0.2, 0.25) is 0 Å². The Morgan fingerprint density at radius 1 is 0.862 bits per heavy atom. The number of nitrogens with zero attached hydrogens (tertiary/aromatic N) is 3. The Labute approximate surface area is 172 Å². The van der Waals surface area contributed by atoms with Crippen LogP contribution < -0.4 is 4.90 Å². The summed E-state index contributed by atoms with van der Waals surface area (Å²) in [5, 5.41) is 0. The van der Waals surface area contributed by atoms with Crippen LogP contribution >= 0.6 is 0 Å². The predicted octanol–water partition coefficient (Wildman–Crippen LogP) is 3.23. The maximum Gasteiger partial charge on any atom is 0.282 e. The van der Waals surface area contributed by atoms with Crippen molar-refractivity contribution in [3.05, 3.63) is 70.9 Å². The van der Waals surface area contributed by atoms with Crippen LogP contribution in [-0.4, -0.2) is 54.3 Å². The van der Waals surface area contributed by atoms with Gasteiger partial charge in [-0.2, -0.15) is 0 Å². The summed E-state index contributed by atoms with van der Waals surface area (Å²) in [6, 6.07) is 15.4. The van der Waals surface area contributed by atoms with E-state index in [2.05, 4.69) is 16.7 Å². The molecule has 29 heavy (non-hydrogen) atoms. The van der Waals surface area contributed by atoms with Crippen LogP contribution in [0.5, 0.6) is 0 Å². The summed E-state index contributed by atoms with van der Waals surface area (Å²) < 4.78 is 0. The van der Waals surface area contributed by atoms with Crippen LogP contribution in [0.15, 0.2) is 54.2 Å². The number of piperazine rings is 1. The molecule has 0 aromatic heterocycles. The third kappa shape index (κ3) is 3.47. The van der Waals surface area contributed by atoms with Gasteiger partial charge in [-0.05, 0) is 37.6 Å². The Hall–Kier alpha value is -2.92. The van der Waals surface area contributed by atoms with Gasteiger partial charge in [0.2, 0.25) is 0 Å². The highest BCUT2D eigenvalue weighted by Gasteiger charge is 2.43. The van der Waals surface area contributed by atoms with Crippen molar-refractivity contribution in [2.75, 3.05) is 37.6 Å². The van der Waals surface area contributed by atoms with E-state index >= 15 is 0 Å². The van der Waals surface area contributed by atoms with Crippen molar-refractivity contribution in [1.82, 2.24) is 9.80 Å². The van der Waals surface area contributed by atoms with Gasteiger partial charge in [-0.15, -0.1) is 0 Å². The molecule has 0 saturated carbocycles. The van der Waals surface area contributed by atoms with Gasteiger partial charge in [-0.3, -0.25) is 9.59 Å². The van der Waals surface area contributed by atoms with Crippen molar-refractivity contribution in [2.24, 2.45) is 0 Å². The molecule has 150 valence electrons. The van der Waals surface area contributed by atoms with Crippen LogP contribution in [0.4, 0.5) is 5.69 Å². The van der Waals surface area contributed by atoms with E-state index in [9.17, 15) is 9.59 Å². The summed E-state index contributed by atoms with van der Waals surface area (Å²) in [5.41, 5.74) is 4.55. The van der Waals surface area contributed by atoms with Crippen LogP contribution in [0.3, 0.4) is 0 Å². The first kappa shape index (κ1) is 19.4. The fraction of sp³-hybridized carbons (Fsp3) is 0.333. The quantitative estimate of drug-likeness (QED) is 0.753. The van der Waals surface area contributed by atoms with E-state index in [1.807, 2.05) is 62.4 Å². The van der Waals surface area contributed by atoms with Crippen molar-refractivity contribution in [2.45, 2.75) is 20.8 Å². The lowest BCUT2D eigenvalue weighted by Gasteiger charge is -2.36. The average Bonchev–Trinajstić information content (AvgIpc) is 2.99. The highest BCUT2D eigenvalue weighted by atomic mass is 16.2. The van der Waals surface area contributed by atoms with E-state index < -0.39 is 0 Å². The number of imide groups is 1. The molecular weight excluding hydrogens is 362 g/mol. The van der Waals surface area contributed by atoms with Crippen molar-refractivity contribution in [3.63, 3.8) is 0 Å². The maximum absolute atomic E-state index is 13.6. The van der Waals surface area contributed by atoms with E-state index in [-0.39, 0.29) is 11.8 Å². The van der Waals surface area contributed by atoms with Crippen LogP contribution in [0, 0.1) is 13.8 Å². The molecule has 0 atom stereocenters. The Kier molecular flexibility index (Phi) is 5.24. The smallest absolute Gasteiger partial charge is 0.282 e. The molecule has 0 radical (unpaired) electrons. The molecule has 0 unspecified atom stereocenters. The molecule has 2 aromatic rings. The number of rotatable bonds is 4. The lowest BCUT2D eigenvalue weighted by molar-refractivity contribution is -0.120. The Morgan fingerprint density at radius 3 is 2.17 bits per heavy atom. The van der Waals surface area contributed by atoms with E-state index in [1.54, 1.807) is 0 Å². The normalized spacial score (nSPS) is 18.2. The molecule has 1 fully saturated rings. The first-order valence-corrected chi connectivity index (χ1v) is 10.2. The number of anilines is 1. The van der Waals surface area contributed by atoms with Crippen molar-refractivity contribution in [3.8, 4) is 0 Å². The van der Waals surface area contributed by atoms with E-state index in [4.69, 9.17) is 0 Å². The number of amides is 2. The van der Waals surface area contributed by atoms with Gasteiger partial charge in [0.05, 0.1) is 11.3 Å². The van der Waals surface area contributed by atoms with E-state index in [0.29, 0.717) is 17.0 Å². The molecule has 5 heteroatoms. The second-order valence-corrected chi connectivity index (χ2v) is 7.75. The largest absolute Gasteiger partial charge is 0.364 e. The second kappa shape index (κ2) is 7.84. The van der Waals surface area contributed by atoms with Crippen LogP contribution in [0.25, 0.3) is 5.57 Å². The lowest BCUT2D eigenvalue weighted by atomic mass is 10.0. The highest BCUT2D eigenvalue weighted by Crippen LogP contribution is 2.36. The third-order valence-electron chi connectivity index (χ3n) is 5.85. The summed E-state index contributed by atoms with van der Waals surface area (Å²) in [5.74, 6) is -0.452. The van der Waals surface area contributed by atoms with Gasteiger partial charge >= 0.3 is 0 Å². The summed E-state index contributed by atoms with van der Waals surface area (Å²) >= 11 is 0. The molecule has 2 aromatic carbocycles. The summed E-state index contributed by atoms with van der Waals surface area (Å²) in [4.78, 5) is 32.9. The number of aryl methyl sites for hydroxylation is 2. The minimum absolute atomic E-state index is 0.217. The number of benzene rings is 2. The van der Waals surface area contributed by atoms with Crippen LogP contribution in [0.1, 0.15) is 23.6 Å². The standard InChI is InChI=1S/C24H27N3O2/c1-4-25-12-14-26(15-13-25)22-21(19-8-6-5-7-9-19)23(28)27(24(22)29)20-11-10-17(2)16-18(20)3/h5-11,16H,4,12-15H2,1-3H3. The van der Waals surface area contributed by atoms with Gasteiger partial charge in [0, 0.05) is 26.2 Å². The highest BCUT2D eigenvalue weighted by molar-refractivity contribution is 6.45. The minimum atomic E-state index is -0.235. The van der Waals surface area contributed by atoms with Gasteiger partial charge < -0.3 is 9.80 Å². The Morgan fingerprint density at radius 2 is 1.55 bits per heavy atom. The fourth-order valence-electron chi connectivity index (χ4n) is 4.24. The first-order valence-electron chi connectivity index (χ1n) is 10.2. The predicted molar refractivity (Wildman–Crippen MR) is 115 cm³/mol. The van der Waals surface area contributed by atoms with E-state index in [1.165, 1.54) is 4.90 Å². The molecule has 5 nitrogen and oxygen atoms in total. The van der Waals surface area contributed by atoms with E-state index in [0.717, 1.165) is 49.4 Å². The molecule has 2 amide bonds. The number of hydrogen-bond acceptors (Lipinski definition) is 4. The zero-order valence-corrected chi connectivity index (χ0v) is 17.3. The number of carbonyl (C=O) groups is 2. The number of hydrogen-bond donors (Lipinski definition) is 0. The topological polar surface area (TPSA) is 43.9 Å². The molecule has 0 N–H and O–H groups in total. The lowest BCUT2D eigenvalue weighted by Crippen LogP contribution is -2.47. The zero-order valence-electron chi connectivity index (χ0n) is 17.3. The molecule has 1 saturated heterocycles. The average molecular weight is 389 g/mol. The van der Waals surface area contributed by atoms with Gasteiger partial charge in [-0.1, -0.05) is 55.0 Å². The van der Waals surface area contributed by atoms with Crippen molar-refractivity contribution >= 4 is 23.1 Å². The molecule has 2 aliphatic heterocycles. The Balaban J connectivity index is 1.78. The van der Waals surface area contributed by atoms with Gasteiger partial charge in [0.25, 0.3) is 11.8 Å². The Bertz CT molecular complexity index is 973. The molecule has 0 aliphatic carbocycles.